The Bertz CT molecular complexity index is 390. The molecule has 0 aliphatic heterocycles. The molecule has 24 heavy (non-hydrogen) atoms. The molecule has 0 saturated heterocycles. The highest BCUT2D eigenvalue weighted by Crippen LogP contribution is 2.13. The minimum absolute atomic E-state index is 0.337. The van der Waals surface area contributed by atoms with E-state index in [2.05, 4.69) is 9.55 Å². The molecule has 0 aliphatic rings. The summed E-state index contributed by atoms with van der Waals surface area (Å²) in [6.07, 6.45) is 24.1. The Morgan fingerprint density at radius 1 is 0.750 bits per heavy atom. The number of aliphatic carboxylic acids is 1. The van der Waals surface area contributed by atoms with E-state index < -0.39 is 5.97 Å². The number of aryl methyl sites for hydroxylation is 1. The van der Waals surface area contributed by atoms with Crippen molar-refractivity contribution in [2.75, 3.05) is 0 Å². The number of aromatic nitrogens is 2. The van der Waals surface area contributed by atoms with Crippen molar-refractivity contribution in [3.8, 4) is 0 Å². The molecule has 0 unspecified atom stereocenters. The van der Waals surface area contributed by atoms with Gasteiger partial charge < -0.3 is 9.67 Å². The van der Waals surface area contributed by atoms with Gasteiger partial charge in [-0.3, -0.25) is 4.79 Å². The van der Waals surface area contributed by atoms with Crippen LogP contribution in [0, 0.1) is 0 Å². The average molecular weight is 337 g/mol. The van der Waals surface area contributed by atoms with Crippen LogP contribution in [-0.4, -0.2) is 20.6 Å². The number of carboxylic acids is 1. The van der Waals surface area contributed by atoms with Crippen molar-refractivity contribution in [3.05, 3.63) is 18.7 Å². The first-order valence-corrected chi connectivity index (χ1v) is 9.96. The van der Waals surface area contributed by atoms with Crippen LogP contribution < -0.4 is 0 Å². The summed E-state index contributed by atoms with van der Waals surface area (Å²) in [6.45, 7) is 1.11. The lowest BCUT2D eigenvalue weighted by molar-refractivity contribution is -0.137. The zero-order valence-electron chi connectivity index (χ0n) is 15.3. The van der Waals surface area contributed by atoms with E-state index in [1.165, 1.54) is 77.0 Å². The zero-order chi connectivity index (χ0) is 17.3. The first kappa shape index (κ1) is 20.7. The van der Waals surface area contributed by atoms with Crippen LogP contribution >= 0.6 is 0 Å². The summed E-state index contributed by atoms with van der Waals surface area (Å²) in [7, 11) is 0. The van der Waals surface area contributed by atoms with Gasteiger partial charge in [0.2, 0.25) is 0 Å². The summed E-state index contributed by atoms with van der Waals surface area (Å²) in [6, 6.07) is 0. The largest absolute Gasteiger partial charge is 0.481 e. The van der Waals surface area contributed by atoms with Crippen LogP contribution in [0.1, 0.15) is 96.3 Å². The second-order valence-corrected chi connectivity index (χ2v) is 6.89. The van der Waals surface area contributed by atoms with Crippen LogP contribution in [0.3, 0.4) is 0 Å². The molecule has 1 N–H and O–H groups in total. The molecule has 0 amide bonds. The van der Waals surface area contributed by atoms with Crippen LogP contribution in [-0.2, 0) is 11.3 Å². The van der Waals surface area contributed by atoms with Gasteiger partial charge in [-0.2, -0.15) is 0 Å². The van der Waals surface area contributed by atoms with Crippen LogP contribution in [0.15, 0.2) is 18.7 Å². The Hall–Kier alpha value is -1.32. The van der Waals surface area contributed by atoms with Gasteiger partial charge in [0.05, 0.1) is 6.33 Å². The molecule has 0 spiro atoms. The Kier molecular flexibility index (Phi) is 13.1. The Balaban J connectivity index is 1.68. The molecular weight excluding hydrogens is 300 g/mol. The molecule has 138 valence electrons. The molecule has 0 fully saturated rings. The maximum absolute atomic E-state index is 10.4. The van der Waals surface area contributed by atoms with Gasteiger partial charge in [0.1, 0.15) is 0 Å². The number of carbonyl (C=O) groups is 1. The number of hydrogen-bond donors (Lipinski definition) is 1. The minimum atomic E-state index is -0.659. The summed E-state index contributed by atoms with van der Waals surface area (Å²) < 4.78 is 2.16. The number of nitrogens with zero attached hydrogens (tertiary/aromatic N) is 2. The molecule has 0 saturated carbocycles. The van der Waals surface area contributed by atoms with E-state index >= 15 is 0 Å². The lowest BCUT2D eigenvalue weighted by Crippen LogP contribution is -1.94. The average Bonchev–Trinajstić information content (AvgIpc) is 3.07. The standard InChI is InChI=1S/C20H36N2O2/c23-20(24)15-13-11-9-7-5-3-1-2-4-6-8-10-12-14-17-22-18-16-21-19-22/h16,18-19H,1-15,17H2,(H,23,24). The zero-order valence-corrected chi connectivity index (χ0v) is 15.3. The molecule has 0 aromatic carbocycles. The monoisotopic (exact) mass is 336 g/mol. The molecule has 0 bridgehead atoms. The highest BCUT2D eigenvalue weighted by atomic mass is 16.4. The molecule has 4 nitrogen and oxygen atoms in total. The molecular formula is C20H36N2O2. The first-order valence-electron chi connectivity index (χ1n) is 9.96. The van der Waals surface area contributed by atoms with Crippen molar-refractivity contribution >= 4 is 5.97 Å². The third kappa shape index (κ3) is 13.1. The lowest BCUT2D eigenvalue weighted by Gasteiger charge is -2.04. The maximum atomic E-state index is 10.4. The molecule has 4 heteroatoms. The van der Waals surface area contributed by atoms with Crippen molar-refractivity contribution in [2.24, 2.45) is 0 Å². The molecule has 0 radical (unpaired) electrons. The number of unbranched alkanes of at least 4 members (excludes halogenated alkanes) is 13. The van der Waals surface area contributed by atoms with E-state index in [9.17, 15) is 4.79 Å². The van der Waals surface area contributed by atoms with Crippen molar-refractivity contribution in [1.29, 1.82) is 0 Å². The van der Waals surface area contributed by atoms with Gasteiger partial charge in [-0.1, -0.05) is 77.0 Å². The van der Waals surface area contributed by atoms with E-state index in [1.54, 1.807) is 0 Å². The Morgan fingerprint density at radius 3 is 1.62 bits per heavy atom. The van der Waals surface area contributed by atoms with Crippen molar-refractivity contribution < 1.29 is 9.90 Å². The molecule has 0 atom stereocenters. The Morgan fingerprint density at radius 2 is 1.21 bits per heavy atom. The van der Waals surface area contributed by atoms with Gasteiger partial charge in [-0.05, 0) is 12.8 Å². The van der Waals surface area contributed by atoms with E-state index in [0.717, 1.165) is 19.4 Å². The highest BCUT2D eigenvalue weighted by Gasteiger charge is 1.97. The second-order valence-electron chi connectivity index (χ2n) is 6.89. The van der Waals surface area contributed by atoms with Gasteiger partial charge in [-0.15, -0.1) is 0 Å². The maximum Gasteiger partial charge on any atom is 0.303 e. The van der Waals surface area contributed by atoms with Gasteiger partial charge in [0.25, 0.3) is 0 Å². The summed E-state index contributed by atoms with van der Waals surface area (Å²) in [4.78, 5) is 14.4. The first-order chi connectivity index (χ1) is 11.8. The fourth-order valence-corrected chi connectivity index (χ4v) is 3.11. The molecule has 0 aliphatic carbocycles. The molecule has 1 aromatic heterocycles. The van der Waals surface area contributed by atoms with Crippen molar-refractivity contribution in [2.45, 2.75) is 103 Å². The van der Waals surface area contributed by atoms with Gasteiger partial charge in [0, 0.05) is 25.4 Å². The van der Waals surface area contributed by atoms with E-state index in [1.807, 2.05) is 18.7 Å². The summed E-state index contributed by atoms with van der Waals surface area (Å²) in [5.41, 5.74) is 0. The molecule has 1 rings (SSSR count). The lowest BCUT2D eigenvalue weighted by atomic mass is 10.0. The topological polar surface area (TPSA) is 55.1 Å². The highest BCUT2D eigenvalue weighted by molar-refractivity contribution is 5.66. The van der Waals surface area contributed by atoms with Crippen LogP contribution in [0.25, 0.3) is 0 Å². The quantitative estimate of drug-likeness (QED) is 0.365. The Labute approximate surface area is 147 Å². The number of carboxylic acid groups (broad SMARTS) is 1. The predicted octanol–water partition coefficient (Wildman–Crippen LogP) is 5.82. The second kappa shape index (κ2) is 15.2. The summed E-state index contributed by atoms with van der Waals surface area (Å²) >= 11 is 0. The van der Waals surface area contributed by atoms with E-state index in [0.29, 0.717) is 6.42 Å². The fraction of sp³-hybridized carbons (Fsp3) is 0.800. The third-order valence-electron chi connectivity index (χ3n) is 4.62. The third-order valence-corrected chi connectivity index (χ3v) is 4.62. The number of rotatable bonds is 17. The summed E-state index contributed by atoms with van der Waals surface area (Å²) in [5, 5.41) is 8.55. The van der Waals surface area contributed by atoms with Crippen molar-refractivity contribution in [3.63, 3.8) is 0 Å². The van der Waals surface area contributed by atoms with Crippen LogP contribution in [0.2, 0.25) is 0 Å². The van der Waals surface area contributed by atoms with Crippen LogP contribution in [0.5, 0.6) is 0 Å². The fourth-order valence-electron chi connectivity index (χ4n) is 3.11. The SMILES string of the molecule is O=C(O)CCCCCCCCCCCCCCCCn1ccnc1. The van der Waals surface area contributed by atoms with Gasteiger partial charge >= 0.3 is 5.97 Å². The number of imidazole rings is 1. The van der Waals surface area contributed by atoms with Crippen LogP contribution in [0.4, 0.5) is 0 Å². The van der Waals surface area contributed by atoms with Gasteiger partial charge in [-0.25, -0.2) is 4.98 Å². The predicted molar refractivity (Wildman–Crippen MR) is 99.1 cm³/mol. The molecule has 1 heterocycles. The number of hydrogen-bond acceptors (Lipinski definition) is 2. The van der Waals surface area contributed by atoms with E-state index in [-0.39, 0.29) is 0 Å². The smallest absolute Gasteiger partial charge is 0.303 e. The summed E-state index contributed by atoms with van der Waals surface area (Å²) in [5.74, 6) is -0.659. The normalized spacial score (nSPS) is 11.0. The van der Waals surface area contributed by atoms with E-state index in [4.69, 9.17) is 5.11 Å². The van der Waals surface area contributed by atoms with Gasteiger partial charge in [0.15, 0.2) is 0 Å². The van der Waals surface area contributed by atoms with Crippen molar-refractivity contribution in [1.82, 2.24) is 9.55 Å². The molecule has 1 aromatic rings. The minimum Gasteiger partial charge on any atom is -0.481 e.